The van der Waals surface area contributed by atoms with Crippen LogP contribution in [0.1, 0.15) is 41.0 Å². The number of sulfonamides is 1. The van der Waals surface area contributed by atoms with E-state index in [1.165, 1.54) is 0 Å². The van der Waals surface area contributed by atoms with Gasteiger partial charge in [0.05, 0.1) is 17.5 Å². The normalized spacial score (nSPS) is 19.8. The summed E-state index contributed by atoms with van der Waals surface area (Å²) in [7, 11) is -3.25. The molecule has 1 fully saturated rings. The molecule has 2 N–H and O–H groups in total. The van der Waals surface area contributed by atoms with E-state index in [0.717, 1.165) is 31.2 Å². The van der Waals surface area contributed by atoms with Crippen LogP contribution in [-0.2, 0) is 10.0 Å². The number of carbonyl (C=O) groups is 1. The van der Waals surface area contributed by atoms with Crippen molar-refractivity contribution in [1.29, 1.82) is 0 Å². The first-order valence-corrected chi connectivity index (χ1v) is 8.96. The van der Waals surface area contributed by atoms with E-state index in [1.54, 1.807) is 11.8 Å². The molecule has 2 rings (SSSR count). The van der Waals surface area contributed by atoms with Gasteiger partial charge in [-0.05, 0) is 33.1 Å². The second-order valence-corrected chi connectivity index (χ2v) is 7.41. The Bertz CT molecular complexity index is 604. The van der Waals surface area contributed by atoms with Crippen LogP contribution in [0.15, 0.2) is 0 Å². The second-order valence-electron chi connectivity index (χ2n) is 5.58. The number of nitrogens with zero attached hydrogens (tertiary/aromatic N) is 2. The van der Waals surface area contributed by atoms with Gasteiger partial charge in [0.2, 0.25) is 10.0 Å². The van der Waals surface area contributed by atoms with Crippen molar-refractivity contribution in [3.63, 3.8) is 0 Å². The van der Waals surface area contributed by atoms with Crippen molar-refractivity contribution in [2.24, 2.45) is 0 Å². The fourth-order valence-electron chi connectivity index (χ4n) is 2.74. The first-order valence-electron chi connectivity index (χ1n) is 7.07. The lowest BCUT2D eigenvalue weighted by atomic mass is 10.0. The van der Waals surface area contributed by atoms with Crippen molar-refractivity contribution < 1.29 is 13.2 Å². The Morgan fingerprint density at radius 3 is 2.71 bits per heavy atom. The van der Waals surface area contributed by atoms with Crippen LogP contribution in [0.25, 0.3) is 0 Å². The van der Waals surface area contributed by atoms with Gasteiger partial charge in [-0.15, -0.1) is 0 Å². The van der Waals surface area contributed by atoms with E-state index in [0.29, 0.717) is 17.8 Å². The summed E-state index contributed by atoms with van der Waals surface area (Å²) in [5, 5.41) is 6.88. The average Bonchev–Trinajstić information content (AvgIpc) is 2.75. The lowest BCUT2D eigenvalue weighted by Crippen LogP contribution is -2.49. The van der Waals surface area contributed by atoms with Crippen molar-refractivity contribution in [2.75, 3.05) is 19.3 Å². The van der Waals surface area contributed by atoms with Gasteiger partial charge in [0.15, 0.2) is 0 Å². The van der Waals surface area contributed by atoms with Gasteiger partial charge in [0.25, 0.3) is 5.91 Å². The number of piperidine rings is 1. The van der Waals surface area contributed by atoms with E-state index in [9.17, 15) is 13.2 Å². The molecule has 0 saturated carbocycles. The van der Waals surface area contributed by atoms with E-state index in [1.807, 2.05) is 6.92 Å². The maximum absolute atomic E-state index is 12.7. The minimum Gasteiger partial charge on any atom is -0.334 e. The smallest absolute Gasteiger partial charge is 0.257 e. The van der Waals surface area contributed by atoms with Gasteiger partial charge < -0.3 is 4.90 Å². The largest absolute Gasteiger partial charge is 0.334 e. The zero-order valence-electron chi connectivity index (χ0n) is 12.6. The van der Waals surface area contributed by atoms with Crippen LogP contribution in [0.4, 0.5) is 0 Å². The lowest BCUT2D eigenvalue weighted by molar-refractivity contribution is 0.0617. The third kappa shape index (κ3) is 3.82. The summed E-state index contributed by atoms with van der Waals surface area (Å²) in [5.41, 5.74) is 2.03. The van der Waals surface area contributed by atoms with Crippen molar-refractivity contribution in [3.8, 4) is 0 Å². The molecule has 2 heterocycles. The van der Waals surface area contributed by atoms with E-state index < -0.39 is 10.0 Å². The van der Waals surface area contributed by atoms with Crippen molar-refractivity contribution in [3.05, 3.63) is 17.0 Å². The highest BCUT2D eigenvalue weighted by atomic mass is 32.2. The van der Waals surface area contributed by atoms with E-state index in [-0.39, 0.29) is 18.5 Å². The maximum atomic E-state index is 12.7. The Morgan fingerprint density at radius 2 is 2.14 bits per heavy atom. The number of likely N-dealkylation sites (tertiary alicyclic amines) is 1. The van der Waals surface area contributed by atoms with Crippen LogP contribution >= 0.6 is 0 Å². The molecule has 118 valence electrons. The van der Waals surface area contributed by atoms with E-state index >= 15 is 0 Å². The quantitative estimate of drug-likeness (QED) is 0.849. The van der Waals surface area contributed by atoms with Gasteiger partial charge in [-0.25, -0.2) is 13.1 Å². The number of aromatic nitrogens is 2. The molecule has 0 radical (unpaired) electrons. The number of H-pyrrole nitrogens is 1. The van der Waals surface area contributed by atoms with Crippen molar-refractivity contribution in [2.45, 2.75) is 39.2 Å². The predicted octanol–water partition coefficient (Wildman–Crippen LogP) is 0.570. The molecule has 1 aliphatic heterocycles. The number of aryl methyl sites for hydroxylation is 2. The Balaban J connectivity index is 2.17. The molecule has 1 aromatic heterocycles. The van der Waals surface area contributed by atoms with Gasteiger partial charge in [0.1, 0.15) is 0 Å². The number of rotatable bonds is 4. The zero-order valence-corrected chi connectivity index (χ0v) is 13.5. The average molecular weight is 314 g/mol. The fraction of sp³-hybridized carbons (Fsp3) is 0.692. The number of carbonyl (C=O) groups excluding carboxylic acids is 1. The number of hydrogen-bond acceptors (Lipinski definition) is 4. The summed E-state index contributed by atoms with van der Waals surface area (Å²) >= 11 is 0. The fourth-order valence-corrected chi connectivity index (χ4v) is 3.23. The lowest BCUT2D eigenvalue weighted by Gasteiger charge is -2.35. The standard InChI is InChI=1S/C13H22N4O3S/c1-9-12(10(2)16-15-9)13(18)17-7-5-4-6-11(17)8-14-21(3,19)20/h11,14H,4-8H2,1-3H3,(H,15,16). The highest BCUT2D eigenvalue weighted by molar-refractivity contribution is 7.88. The molecule has 1 unspecified atom stereocenters. The third-order valence-electron chi connectivity index (χ3n) is 3.81. The maximum Gasteiger partial charge on any atom is 0.257 e. The molecule has 1 atom stereocenters. The number of hydrogen-bond donors (Lipinski definition) is 2. The zero-order chi connectivity index (χ0) is 15.6. The first-order chi connectivity index (χ1) is 9.79. The molecule has 1 amide bonds. The summed E-state index contributed by atoms with van der Waals surface area (Å²) < 4.78 is 25.0. The third-order valence-corrected chi connectivity index (χ3v) is 4.50. The van der Waals surface area contributed by atoms with Gasteiger partial charge in [0, 0.05) is 24.8 Å². The second kappa shape index (κ2) is 6.15. The molecule has 1 aromatic rings. The molecular weight excluding hydrogens is 292 g/mol. The van der Waals surface area contributed by atoms with Gasteiger partial charge in [-0.3, -0.25) is 9.89 Å². The molecule has 0 spiro atoms. The molecule has 0 aliphatic carbocycles. The summed E-state index contributed by atoms with van der Waals surface area (Å²) in [4.78, 5) is 14.5. The molecule has 21 heavy (non-hydrogen) atoms. The van der Waals surface area contributed by atoms with E-state index in [4.69, 9.17) is 0 Å². The highest BCUT2D eigenvalue weighted by Gasteiger charge is 2.30. The number of aromatic amines is 1. The summed E-state index contributed by atoms with van der Waals surface area (Å²) in [6.45, 7) is 4.53. The molecule has 1 saturated heterocycles. The SMILES string of the molecule is Cc1n[nH]c(C)c1C(=O)N1CCCCC1CNS(C)(=O)=O. The Kier molecular flexibility index (Phi) is 4.67. The van der Waals surface area contributed by atoms with E-state index in [2.05, 4.69) is 14.9 Å². The molecular formula is C13H22N4O3S. The number of nitrogens with one attached hydrogen (secondary N) is 2. The van der Waals surface area contributed by atoms with Crippen LogP contribution in [0.5, 0.6) is 0 Å². The van der Waals surface area contributed by atoms with Crippen LogP contribution in [0.2, 0.25) is 0 Å². The predicted molar refractivity (Wildman–Crippen MR) is 79.6 cm³/mol. The van der Waals surface area contributed by atoms with Crippen molar-refractivity contribution >= 4 is 15.9 Å². The summed E-state index contributed by atoms with van der Waals surface area (Å²) in [5.74, 6) is -0.0706. The highest BCUT2D eigenvalue weighted by Crippen LogP contribution is 2.21. The first kappa shape index (κ1) is 16.0. The molecule has 7 nitrogen and oxygen atoms in total. The monoisotopic (exact) mass is 314 g/mol. The molecule has 1 aliphatic rings. The molecule has 0 aromatic carbocycles. The number of amides is 1. The molecule has 0 bridgehead atoms. The Morgan fingerprint density at radius 1 is 1.43 bits per heavy atom. The summed E-state index contributed by atoms with van der Waals surface area (Å²) in [6.07, 6.45) is 3.89. The Hall–Kier alpha value is -1.41. The summed E-state index contributed by atoms with van der Waals surface area (Å²) in [6, 6.07) is -0.102. The van der Waals surface area contributed by atoms with Crippen LogP contribution in [0.3, 0.4) is 0 Å². The van der Waals surface area contributed by atoms with Gasteiger partial charge >= 0.3 is 0 Å². The van der Waals surface area contributed by atoms with Crippen LogP contribution in [0, 0.1) is 13.8 Å². The topological polar surface area (TPSA) is 95.2 Å². The minimum atomic E-state index is -3.25. The van der Waals surface area contributed by atoms with Crippen LogP contribution < -0.4 is 4.72 Å². The van der Waals surface area contributed by atoms with Crippen LogP contribution in [-0.4, -0.2) is 54.8 Å². The van der Waals surface area contributed by atoms with Gasteiger partial charge in [-0.1, -0.05) is 0 Å². The molecule has 8 heteroatoms. The van der Waals surface area contributed by atoms with Crippen molar-refractivity contribution in [1.82, 2.24) is 19.8 Å². The van der Waals surface area contributed by atoms with Gasteiger partial charge in [-0.2, -0.15) is 5.10 Å². The Labute approximate surface area is 125 Å². The minimum absolute atomic E-state index is 0.0706.